The number of benzene rings is 1. The number of carbonyl (C=O) groups excluding carboxylic acids is 1. The molecule has 0 aliphatic heterocycles. The molecule has 0 bridgehead atoms. The van der Waals surface area contributed by atoms with E-state index in [-0.39, 0.29) is 12.0 Å². The maximum atomic E-state index is 12.4. The molecule has 0 spiro atoms. The Morgan fingerprint density at radius 2 is 1.86 bits per heavy atom. The van der Waals surface area contributed by atoms with E-state index in [2.05, 4.69) is 5.32 Å². The molecule has 0 heterocycles. The average molecular weight is 314 g/mol. The molecule has 1 aromatic rings. The second kappa shape index (κ2) is 6.93. The quantitative estimate of drug-likeness (QED) is 0.873. The van der Waals surface area contributed by atoms with Crippen LogP contribution < -0.4 is 5.32 Å². The van der Waals surface area contributed by atoms with Gasteiger partial charge in [0.2, 0.25) is 0 Å². The first-order valence-electron chi connectivity index (χ1n) is 6.24. The third-order valence-electron chi connectivity index (χ3n) is 3.01. The van der Waals surface area contributed by atoms with Crippen LogP contribution >= 0.6 is 0 Å². The van der Waals surface area contributed by atoms with E-state index in [1.54, 1.807) is 6.07 Å². The largest absolute Gasteiger partial charge is 0.480 e. The number of nitrogens with zero attached hydrogens (tertiary/aromatic N) is 1. The molecule has 0 aliphatic carbocycles. The molecule has 0 unspecified atom stereocenters. The molecule has 0 aromatic heterocycles. The van der Waals surface area contributed by atoms with Gasteiger partial charge in [0.15, 0.2) is 0 Å². The molecule has 1 amide bonds. The first-order valence-corrected chi connectivity index (χ1v) is 6.24. The van der Waals surface area contributed by atoms with Crippen LogP contribution in [0.25, 0.3) is 0 Å². The number of hydrogen-bond donors (Lipinski definition) is 2. The predicted octanol–water partition coefficient (Wildman–Crippen LogP) is 2.44. The molecule has 1 aromatic carbocycles. The summed E-state index contributed by atoms with van der Waals surface area (Å²) in [5.41, 5.74) is -1.000. The van der Waals surface area contributed by atoms with Crippen molar-refractivity contribution in [2.45, 2.75) is 25.6 Å². The molecule has 0 saturated heterocycles. The van der Waals surface area contributed by atoms with Gasteiger partial charge in [-0.05, 0) is 24.3 Å². The summed E-state index contributed by atoms with van der Waals surface area (Å²) in [4.78, 5) is 23.0. The lowest BCUT2D eigenvalue weighted by molar-refractivity contribution is -0.140. The standard InChI is InChI=1S/C14H13F3N2O3/c1-8(6-7-18)11(13(21)22)19-12(20)9-2-4-10(5-3-9)14(15,16)17/h2-5,8,11H,6H2,1H3,(H,19,20)(H,21,22)/t8-,11+/m0/s1. The summed E-state index contributed by atoms with van der Waals surface area (Å²) in [6.45, 7) is 1.48. The van der Waals surface area contributed by atoms with Crippen LogP contribution in [0.1, 0.15) is 29.3 Å². The monoisotopic (exact) mass is 314 g/mol. The fourth-order valence-corrected chi connectivity index (χ4v) is 1.74. The number of aliphatic carboxylic acids is 1. The zero-order valence-electron chi connectivity index (χ0n) is 11.5. The summed E-state index contributed by atoms with van der Waals surface area (Å²) in [5.74, 6) is -2.77. The smallest absolute Gasteiger partial charge is 0.416 e. The van der Waals surface area contributed by atoms with Crippen LogP contribution in [0.2, 0.25) is 0 Å². The van der Waals surface area contributed by atoms with Crippen molar-refractivity contribution in [3.63, 3.8) is 0 Å². The number of amides is 1. The lowest BCUT2D eigenvalue weighted by Crippen LogP contribution is -2.45. The van der Waals surface area contributed by atoms with Crippen molar-refractivity contribution < 1.29 is 27.9 Å². The molecule has 5 nitrogen and oxygen atoms in total. The van der Waals surface area contributed by atoms with Crippen molar-refractivity contribution in [3.8, 4) is 6.07 Å². The van der Waals surface area contributed by atoms with Crippen LogP contribution in [-0.2, 0) is 11.0 Å². The Bertz CT molecular complexity index is 591. The number of nitriles is 1. The topological polar surface area (TPSA) is 90.2 Å². The molecule has 0 saturated carbocycles. The van der Waals surface area contributed by atoms with Gasteiger partial charge in [0.1, 0.15) is 6.04 Å². The molecule has 2 N–H and O–H groups in total. The van der Waals surface area contributed by atoms with Crippen LogP contribution in [0.15, 0.2) is 24.3 Å². The van der Waals surface area contributed by atoms with Gasteiger partial charge in [0.25, 0.3) is 5.91 Å². The third-order valence-corrected chi connectivity index (χ3v) is 3.01. The van der Waals surface area contributed by atoms with Crippen molar-refractivity contribution in [2.75, 3.05) is 0 Å². The highest BCUT2D eigenvalue weighted by Crippen LogP contribution is 2.29. The lowest BCUT2D eigenvalue weighted by Gasteiger charge is -2.19. The van der Waals surface area contributed by atoms with Crippen LogP contribution in [0, 0.1) is 17.2 Å². The fraction of sp³-hybridized carbons (Fsp3) is 0.357. The second-order valence-corrected chi connectivity index (χ2v) is 4.70. The fourth-order valence-electron chi connectivity index (χ4n) is 1.74. The van der Waals surface area contributed by atoms with E-state index in [0.29, 0.717) is 0 Å². The summed E-state index contributed by atoms with van der Waals surface area (Å²) >= 11 is 0. The van der Waals surface area contributed by atoms with Gasteiger partial charge in [-0.15, -0.1) is 0 Å². The number of halogens is 3. The minimum atomic E-state index is -4.51. The molecular weight excluding hydrogens is 301 g/mol. The average Bonchev–Trinajstić information content (AvgIpc) is 2.43. The Morgan fingerprint density at radius 3 is 2.27 bits per heavy atom. The van der Waals surface area contributed by atoms with Gasteiger partial charge in [0, 0.05) is 17.9 Å². The molecule has 2 atom stereocenters. The molecule has 0 aliphatic rings. The summed E-state index contributed by atoms with van der Waals surface area (Å²) in [6.07, 6.45) is -4.59. The highest BCUT2D eigenvalue weighted by atomic mass is 19.4. The SMILES string of the molecule is C[C@@H](CC#N)[C@@H](NC(=O)c1ccc(C(F)(F)F)cc1)C(=O)O. The van der Waals surface area contributed by atoms with Crippen LogP contribution in [0.4, 0.5) is 13.2 Å². The molecule has 22 heavy (non-hydrogen) atoms. The summed E-state index contributed by atoms with van der Waals surface area (Å²) in [7, 11) is 0. The number of alkyl halides is 3. The highest BCUT2D eigenvalue weighted by Gasteiger charge is 2.31. The Balaban J connectivity index is 2.87. The molecule has 8 heteroatoms. The van der Waals surface area contributed by atoms with Gasteiger partial charge in [-0.2, -0.15) is 18.4 Å². The Morgan fingerprint density at radius 1 is 1.32 bits per heavy atom. The number of carboxylic acids is 1. The Hall–Kier alpha value is -2.56. The minimum absolute atomic E-state index is 0.0791. The van der Waals surface area contributed by atoms with Crippen molar-refractivity contribution in [2.24, 2.45) is 5.92 Å². The van der Waals surface area contributed by atoms with Gasteiger partial charge >= 0.3 is 12.1 Å². The minimum Gasteiger partial charge on any atom is -0.480 e. The van der Waals surface area contributed by atoms with Gasteiger partial charge in [-0.1, -0.05) is 6.92 Å². The van der Waals surface area contributed by atoms with E-state index in [4.69, 9.17) is 10.4 Å². The zero-order chi connectivity index (χ0) is 16.9. The summed E-state index contributed by atoms with van der Waals surface area (Å²) in [6, 6.07) is 3.91. The first-order chi connectivity index (χ1) is 10.2. The molecule has 0 radical (unpaired) electrons. The van der Waals surface area contributed by atoms with E-state index in [1.165, 1.54) is 6.92 Å². The van der Waals surface area contributed by atoms with E-state index in [9.17, 15) is 22.8 Å². The maximum Gasteiger partial charge on any atom is 0.416 e. The molecule has 1 rings (SSSR count). The summed E-state index contributed by atoms with van der Waals surface area (Å²) < 4.78 is 37.3. The van der Waals surface area contributed by atoms with Crippen molar-refractivity contribution in [3.05, 3.63) is 35.4 Å². The Labute approximate surface area is 124 Å². The van der Waals surface area contributed by atoms with Crippen LogP contribution in [0.3, 0.4) is 0 Å². The predicted molar refractivity (Wildman–Crippen MR) is 69.7 cm³/mol. The van der Waals surface area contributed by atoms with Crippen molar-refractivity contribution in [1.29, 1.82) is 5.26 Å². The van der Waals surface area contributed by atoms with E-state index < -0.39 is 35.6 Å². The van der Waals surface area contributed by atoms with Gasteiger partial charge in [-0.3, -0.25) is 4.79 Å². The number of rotatable bonds is 5. The maximum absolute atomic E-state index is 12.4. The third kappa shape index (κ3) is 4.48. The lowest BCUT2D eigenvalue weighted by atomic mass is 9.98. The number of hydrogen-bond acceptors (Lipinski definition) is 3. The Kier molecular flexibility index (Phi) is 5.51. The number of carbonyl (C=O) groups is 2. The van der Waals surface area contributed by atoms with E-state index in [0.717, 1.165) is 24.3 Å². The molecule has 118 valence electrons. The first kappa shape index (κ1) is 17.5. The van der Waals surface area contributed by atoms with Gasteiger partial charge < -0.3 is 10.4 Å². The van der Waals surface area contributed by atoms with Gasteiger partial charge in [-0.25, -0.2) is 4.79 Å². The number of carboxylic acid groups (broad SMARTS) is 1. The summed E-state index contributed by atoms with van der Waals surface area (Å²) in [5, 5.41) is 19.8. The highest BCUT2D eigenvalue weighted by molar-refractivity contribution is 5.96. The zero-order valence-corrected chi connectivity index (χ0v) is 11.5. The van der Waals surface area contributed by atoms with E-state index in [1.807, 2.05) is 0 Å². The van der Waals surface area contributed by atoms with Crippen molar-refractivity contribution >= 4 is 11.9 Å². The van der Waals surface area contributed by atoms with Crippen molar-refractivity contribution in [1.82, 2.24) is 5.32 Å². The normalized spacial score (nSPS) is 13.8. The van der Waals surface area contributed by atoms with E-state index >= 15 is 0 Å². The van der Waals surface area contributed by atoms with Crippen LogP contribution in [0.5, 0.6) is 0 Å². The second-order valence-electron chi connectivity index (χ2n) is 4.70. The van der Waals surface area contributed by atoms with Crippen LogP contribution in [-0.4, -0.2) is 23.0 Å². The molecule has 0 fully saturated rings. The molecular formula is C14H13F3N2O3. The number of nitrogens with one attached hydrogen (secondary N) is 1. The van der Waals surface area contributed by atoms with Gasteiger partial charge in [0.05, 0.1) is 11.6 Å².